The van der Waals surface area contributed by atoms with E-state index in [1.165, 1.54) is 33.2 Å². The molecule has 0 aliphatic carbocycles. The summed E-state index contributed by atoms with van der Waals surface area (Å²) in [4.78, 5) is 9.55. The molecule has 0 amide bonds. The molecule has 132 valence electrons. The highest BCUT2D eigenvalue weighted by molar-refractivity contribution is 7.11. The second kappa shape index (κ2) is 9.11. The second-order valence-corrected chi connectivity index (χ2v) is 8.93. The van der Waals surface area contributed by atoms with Gasteiger partial charge in [0, 0.05) is 47.4 Å². The lowest BCUT2D eigenvalue weighted by molar-refractivity contribution is 0.0359. The molecule has 0 spiro atoms. The molecule has 3 heterocycles. The number of thiophene rings is 2. The van der Waals surface area contributed by atoms with Crippen LogP contribution in [0.2, 0.25) is 0 Å². The summed E-state index contributed by atoms with van der Waals surface area (Å²) in [5, 5.41) is 2.21. The van der Waals surface area contributed by atoms with Gasteiger partial charge in [-0.3, -0.25) is 9.80 Å². The van der Waals surface area contributed by atoms with Crippen molar-refractivity contribution in [1.82, 2.24) is 9.80 Å². The van der Waals surface area contributed by atoms with Gasteiger partial charge in [-0.1, -0.05) is 0 Å². The third kappa shape index (κ3) is 5.39. The fraction of sp³-hybridized carbons (Fsp3) is 0.579. The van der Waals surface area contributed by atoms with Crippen molar-refractivity contribution in [2.75, 3.05) is 39.4 Å². The largest absolute Gasteiger partial charge is 0.379 e. The van der Waals surface area contributed by atoms with Gasteiger partial charge in [0.25, 0.3) is 0 Å². The zero-order chi connectivity index (χ0) is 16.8. The van der Waals surface area contributed by atoms with E-state index in [-0.39, 0.29) is 0 Å². The van der Waals surface area contributed by atoms with Crippen molar-refractivity contribution >= 4 is 22.7 Å². The van der Waals surface area contributed by atoms with Gasteiger partial charge in [-0.05, 0) is 56.0 Å². The van der Waals surface area contributed by atoms with Crippen molar-refractivity contribution in [1.29, 1.82) is 0 Å². The van der Waals surface area contributed by atoms with Crippen LogP contribution < -0.4 is 0 Å². The lowest BCUT2D eigenvalue weighted by Crippen LogP contribution is -2.38. The minimum atomic E-state index is 0.895. The van der Waals surface area contributed by atoms with Crippen LogP contribution in [0, 0.1) is 13.8 Å². The molecule has 0 atom stereocenters. The van der Waals surface area contributed by atoms with E-state index in [1.807, 2.05) is 22.7 Å². The monoisotopic (exact) mass is 364 g/mol. The first-order valence-corrected chi connectivity index (χ1v) is 10.5. The van der Waals surface area contributed by atoms with Gasteiger partial charge in [-0.25, -0.2) is 0 Å². The summed E-state index contributed by atoms with van der Waals surface area (Å²) < 4.78 is 5.44. The summed E-state index contributed by atoms with van der Waals surface area (Å²) in [6, 6.07) is 6.76. The smallest absolute Gasteiger partial charge is 0.0594 e. The minimum absolute atomic E-state index is 0.895. The first kappa shape index (κ1) is 18.1. The number of morpholine rings is 1. The SMILES string of the molecule is Cc1ccc(CN(CCCN2CCOCC2)Cc2sccc2C)s1. The van der Waals surface area contributed by atoms with Gasteiger partial charge in [-0.15, -0.1) is 22.7 Å². The molecule has 0 aromatic carbocycles. The van der Waals surface area contributed by atoms with Crippen LogP contribution in [0.3, 0.4) is 0 Å². The van der Waals surface area contributed by atoms with Gasteiger partial charge in [-0.2, -0.15) is 0 Å². The maximum absolute atomic E-state index is 5.44. The van der Waals surface area contributed by atoms with E-state index >= 15 is 0 Å². The van der Waals surface area contributed by atoms with Crippen molar-refractivity contribution < 1.29 is 4.74 Å². The fourth-order valence-electron chi connectivity index (χ4n) is 3.12. The normalized spacial score (nSPS) is 16.1. The molecule has 0 bridgehead atoms. The van der Waals surface area contributed by atoms with Gasteiger partial charge in [0.2, 0.25) is 0 Å². The molecule has 1 aliphatic heterocycles. The Kier molecular flexibility index (Phi) is 6.86. The Morgan fingerprint density at radius 2 is 1.96 bits per heavy atom. The van der Waals surface area contributed by atoms with Gasteiger partial charge in [0.1, 0.15) is 0 Å². The first-order valence-electron chi connectivity index (χ1n) is 8.81. The Labute approximate surface area is 153 Å². The lowest BCUT2D eigenvalue weighted by atomic mass is 10.2. The predicted molar refractivity (Wildman–Crippen MR) is 104 cm³/mol. The van der Waals surface area contributed by atoms with Gasteiger partial charge in [0.05, 0.1) is 13.2 Å². The topological polar surface area (TPSA) is 15.7 Å². The molecule has 24 heavy (non-hydrogen) atoms. The molecular formula is C19H28N2OS2. The van der Waals surface area contributed by atoms with Gasteiger partial charge < -0.3 is 4.74 Å². The van der Waals surface area contributed by atoms with Crippen LogP contribution in [0.4, 0.5) is 0 Å². The van der Waals surface area contributed by atoms with Crippen LogP contribution in [0.1, 0.15) is 26.6 Å². The summed E-state index contributed by atoms with van der Waals surface area (Å²) in [6.45, 7) is 12.9. The molecule has 3 nitrogen and oxygen atoms in total. The van der Waals surface area contributed by atoms with E-state index in [0.717, 1.165) is 45.9 Å². The summed E-state index contributed by atoms with van der Waals surface area (Å²) >= 11 is 3.82. The van der Waals surface area contributed by atoms with Gasteiger partial charge in [0.15, 0.2) is 0 Å². The molecule has 3 rings (SSSR count). The third-order valence-electron chi connectivity index (χ3n) is 4.56. The Morgan fingerprint density at radius 1 is 1.12 bits per heavy atom. The number of hydrogen-bond donors (Lipinski definition) is 0. The maximum atomic E-state index is 5.44. The molecule has 1 saturated heterocycles. The van der Waals surface area contributed by atoms with E-state index in [0.29, 0.717) is 0 Å². The van der Waals surface area contributed by atoms with E-state index in [2.05, 4.69) is 47.2 Å². The second-order valence-electron chi connectivity index (χ2n) is 6.56. The Morgan fingerprint density at radius 3 is 2.62 bits per heavy atom. The summed E-state index contributed by atoms with van der Waals surface area (Å²) in [6.07, 6.45) is 1.23. The number of nitrogens with zero attached hydrogens (tertiary/aromatic N) is 2. The van der Waals surface area contributed by atoms with Crippen LogP contribution in [-0.4, -0.2) is 49.2 Å². The van der Waals surface area contributed by atoms with E-state index < -0.39 is 0 Å². The molecule has 1 aliphatic rings. The van der Waals surface area contributed by atoms with Crippen LogP contribution in [-0.2, 0) is 17.8 Å². The Hall–Kier alpha value is -0.720. The highest BCUT2D eigenvalue weighted by atomic mass is 32.1. The van der Waals surface area contributed by atoms with Crippen LogP contribution in [0.25, 0.3) is 0 Å². The molecular weight excluding hydrogens is 336 g/mol. The zero-order valence-corrected chi connectivity index (χ0v) is 16.4. The van der Waals surface area contributed by atoms with Crippen LogP contribution in [0.15, 0.2) is 23.6 Å². The molecule has 2 aromatic rings. The standard InChI is InChI=1S/C19H28N2OS2/c1-16-6-13-23-19(16)15-21(14-18-5-4-17(2)24-18)8-3-7-20-9-11-22-12-10-20/h4-6,13H,3,7-12,14-15H2,1-2H3. The fourth-order valence-corrected chi connectivity index (χ4v) is 5.00. The number of hydrogen-bond acceptors (Lipinski definition) is 5. The van der Waals surface area contributed by atoms with E-state index in [9.17, 15) is 0 Å². The molecule has 1 fully saturated rings. The van der Waals surface area contributed by atoms with E-state index in [1.54, 1.807) is 0 Å². The molecule has 0 radical (unpaired) electrons. The molecule has 0 unspecified atom stereocenters. The molecule has 5 heteroatoms. The molecule has 0 N–H and O–H groups in total. The van der Waals surface area contributed by atoms with Crippen molar-refractivity contribution in [3.63, 3.8) is 0 Å². The average Bonchev–Trinajstić information content (AvgIpc) is 3.17. The summed E-state index contributed by atoms with van der Waals surface area (Å²) in [5.74, 6) is 0. The Bertz CT molecular complexity index is 616. The van der Waals surface area contributed by atoms with Crippen molar-refractivity contribution in [3.8, 4) is 0 Å². The summed E-state index contributed by atoms with van der Waals surface area (Å²) in [7, 11) is 0. The highest BCUT2D eigenvalue weighted by Gasteiger charge is 2.13. The predicted octanol–water partition coefficient (Wildman–Crippen LogP) is 4.15. The van der Waals surface area contributed by atoms with Crippen LogP contribution >= 0.6 is 22.7 Å². The van der Waals surface area contributed by atoms with Crippen molar-refractivity contribution in [3.05, 3.63) is 43.8 Å². The molecule has 2 aromatic heterocycles. The quantitative estimate of drug-likeness (QED) is 0.700. The highest BCUT2D eigenvalue weighted by Crippen LogP contribution is 2.22. The average molecular weight is 365 g/mol. The van der Waals surface area contributed by atoms with Crippen LogP contribution in [0.5, 0.6) is 0 Å². The maximum Gasteiger partial charge on any atom is 0.0594 e. The molecule has 0 saturated carbocycles. The number of aryl methyl sites for hydroxylation is 2. The lowest BCUT2D eigenvalue weighted by Gasteiger charge is -2.28. The minimum Gasteiger partial charge on any atom is -0.379 e. The van der Waals surface area contributed by atoms with E-state index in [4.69, 9.17) is 4.74 Å². The summed E-state index contributed by atoms with van der Waals surface area (Å²) in [5.41, 5.74) is 1.43. The van der Waals surface area contributed by atoms with Crippen molar-refractivity contribution in [2.24, 2.45) is 0 Å². The number of ether oxygens (including phenoxy) is 1. The van der Waals surface area contributed by atoms with Gasteiger partial charge >= 0.3 is 0 Å². The first-order chi connectivity index (χ1) is 11.7. The number of rotatable bonds is 8. The Balaban J connectivity index is 1.55. The van der Waals surface area contributed by atoms with Crippen molar-refractivity contribution in [2.45, 2.75) is 33.4 Å². The third-order valence-corrected chi connectivity index (χ3v) is 6.56. The zero-order valence-electron chi connectivity index (χ0n) is 14.8.